The molecule has 14 heavy (non-hydrogen) atoms. The lowest BCUT2D eigenvalue weighted by Gasteiger charge is -2.55. The summed E-state index contributed by atoms with van der Waals surface area (Å²) in [5, 5.41) is -0.482. The molecule has 0 unspecified atom stereocenters. The summed E-state index contributed by atoms with van der Waals surface area (Å²) in [6, 6.07) is 0. The second-order valence-corrected chi connectivity index (χ2v) is 6.55. The summed E-state index contributed by atoms with van der Waals surface area (Å²) in [6.07, 6.45) is 5.41. The summed E-state index contributed by atoms with van der Waals surface area (Å²) in [6.45, 7) is 6.48. The Bertz CT molecular complexity index is 211. The molecule has 0 atom stereocenters. The van der Waals surface area contributed by atoms with E-state index in [1.54, 1.807) is 0 Å². The predicted octanol–water partition coefficient (Wildman–Crippen LogP) is 2.92. The van der Waals surface area contributed by atoms with E-state index in [2.05, 4.69) is 20.8 Å². The van der Waals surface area contributed by atoms with Gasteiger partial charge in [-0.2, -0.15) is 0 Å². The van der Waals surface area contributed by atoms with Crippen molar-refractivity contribution in [1.82, 2.24) is 0 Å². The molecule has 3 aliphatic rings. The number of rotatable bonds is 1. The largest absolute Gasteiger partial charge is 0.0916 e. The van der Waals surface area contributed by atoms with Crippen LogP contribution in [0, 0.1) is 23.2 Å². The molecule has 4 radical (unpaired) electrons. The zero-order chi connectivity index (χ0) is 10.6. The van der Waals surface area contributed by atoms with Crippen LogP contribution in [-0.2, 0) is 0 Å². The van der Waals surface area contributed by atoms with Crippen LogP contribution in [0.1, 0.15) is 46.5 Å². The fraction of sp³-hybridized carbons (Fsp3) is 1.00. The monoisotopic (exact) mass is 186 g/mol. The number of hydrogen-bond acceptors (Lipinski definition) is 0. The van der Waals surface area contributed by atoms with Gasteiger partial charge in [0.05, 0.1) is 15.7 Å². The molecule has 74 valence electrons. The lowest BCUT2D eigenvalue weighted by molar-refractivity contribution is 0.0394. The quantitative estimate of drug-likeness (QED) is 0.552. The molecule has 0 N–H and O–H groups in total. The van der Waals surface area contributed by atoms with Gasteiger partial charge in [0.1, 0.15) is 0 Å². The molecule has 2 bridgehead atoms. The highest BCUT2D eigenvalue weighted by Crippen LogP contribution is 2.58. The Morgan fingerprint density at radius 2 is 1.29 bits per heavy atom. The van der Waals surface area contributed by atoms with Crippen LogP contribution in [0.15, 0.2) is 0 Å². The second-order valence-electron chi connectivity index (χ2n) is 6.55. The Balaban J connectivity index is 2.07. The van der Waals surface area contributed by atoms with Gasteiger partial charge in [-0.05, 0) is 42.9 Å². The van der Waals surface area contributed by atoms with Gasteiger partial charge >= 0.3 is 0 Å². The van der Waals surface area contributed by atoms with E-state index in [1.807, 2.05) is 0 Å². The lowest BCUT2D eigenvalue weighted by Crippen LogP contribution is -2.44. The topological polar surface area (TPSA) is 0 Å². The van der Waals surface area contributed by atoms with Gasteiger partial charge in [0.25, 0.3) is 0 Å². The fourth-order valence-corrected chi connectivity index (χ4v) is 3.16. The Morgan fingerprint density at radius 3 is 1.64 bits per heavy atom. The summed E-state index contributed by atoms with van der Waals surface area (Å²) in [4.78, 5) is 0. The predicted molar refractivity (Wildman–Crippen MR) is 62.6 cm³/mol. The Kier molecular flexibility index (Phi) is 2.33. The number of hydrogen-bond donors (Lipinski definition) is 0. The van der Waals surface area contributed by atoms with Crippen LogP contribution in [0.5, 0.6) is 0 Å². The van der Waals surface area contributed by atoms with Crippen LogP contribution in [0.2, 0.25) is 5.21 Å². The van der Waals surface area contributed by atoms with Crippen molar-refractivity contribution in [1.29, 1.82) is 0 Å². The fourth-order valence-electron chi connectivity index (χ4n) is 3.16. The van der Waals surface area contributed by atoms with Gasteiger partial charge in [-0.1, -0.05) is 31.9 Å². The van der Waals surface area contributed by atoms with Crippen molar-refractivity contribution in [2.75, 3.05) is 0 Å². The van der Waals surface area contributed by atoms with Crippen molar-refractivity contribution in [2.45, 2.75) is 51.7 Å². The molecule has 3 rings (SSSR count). The molecule has 0 aromatic heterocycles. The van der Waals surface area contributed by atoms with E-state index in [-0.39, 0.29) is 5.41 Å². The standard InChI is InChI=1S/C12H20B2/c1-11(2,3)12(13,14)10-6-8-4-9(5-8)7-10/h8-10H,4-7H2,1-3H3. The Hall–Kier alpha value is 0.130. The van der Waals surface area contributed by atoms with Gasteiger partial charge in [0.2, 0.25) is 0 Å². The lowest BCUT2D eigenvalue weighted by atomic mass is 9.35. The van der Waals surface area contributed by atoms with Crippen LogP contribution in [0.4, 0.5) is 0 Å². The van der Waals surface area contributed by atoms with Crippen molar-refractivity contribution in [3.05, 3.63) is 0 Å². The van der Waals surface area contributed by atoms with Crippen LogP contribution >= 0.6 is 0 Å². The number of fused-ring (bicyclic) bond motifs is 2. The maximum atomic E-state index is 6.33. The molecule has 3 saturated carbocycles. The minimum absolute atomic E-state index is 0.0153. The van der Waals surface area contributed by atoms with Gasteiger partial charge in [-0.15, -0.1) is 0 Å². The highest BCUT2D eigenvalue weighted by molar-refractivity contribution is 6.40. The van der Waals surface area contributed by atoms with Crippen LogP contribution < -0.4 is 0 Å². The van der Waals surface area contributed by atoms with E-state index < -0.39 is 5.21 Å². The molecular weight excluding hydrogens is 166 g/mol. The van der Waals surface area contributed by atoms with E-state index in [1.165, 1.54) is 25.7 Å². The van der Waals surface area contributed by atoms with Crippen molar-refractivity contribution in [3.63, 3.8) is 0 Å². The van der Waals surface area contributed by atoms with Crippen LogP contribution in [0.25, 0.3) is 0 Å². The summed E-state index contributed by atoms with van der Waals surface area (Å²) in [5.74, 6) is 2.42. The van der Waals surface area contributed by atoms with Gasteiger partial charge in [-0.3, -0.25) is 0 Å². The first kappa shape index (κ1) is 10.6. The van der Waals surface area contributed by atoms with Crippen molar-refractivity contribution < 1.29 is 0 Å². The van der Waals surface area contributed by atoms with Crippen molar-refractivity contribution in [3.8, 4) is 0 Å². The Labute approximate surface area is 91.0 Å². The summed E-state index contributed by atoms with van der Waals surface area (Å²) in [7, 11) is 12.7. The zero-order valence-corrected chi connectivity index (χ0v) is 9.72. The average molecular weight is 186 g/mol. The van der Waals surface area contributed by atoms with Crippen molar-refractivity contribution in [2.24, 2.45) is 23.2 Å². The maximum Gasteiger partial charge on any atom is 0.0631 e. The minimum atomic E-state index is -0.482. The molecule has 0 aromatic rings. The van der Waals surface area contributed by atoms with Gasteiger partial charge < -0.3 is 0 Å². The normalized spacial score (nSPS) is 37.8. The highest BCUT2D eigenvalue weighted by Gasteiger charge is 2.46. The summed E-state index contributed by atoms with van der Waals surface area (Å²) < 4.78 is 0. The molecule has 0 nitrogen and oxygen atoms in total. The first-order valence-corrected chi connectivity index (χ1v) is 5.88. The molecule has 0 spiro atoms. The van der Waals surface area contributed by atoms with E-state index in [0.29, 0.717) is 5.92 Å². The van der Waals surface area contributed by atoms with Gasteiger partial charge in [0, 0.05) is 0 Å². The summed E-state index contributed by atoms with van der Waals surface area (Å²) in [5.41, 5.74) is 0.0153. The molecule has 0 heterocycles. The highest BCUT2D eigenvalue weighted by atomic mass is 14.5. The van der Waals surface area contributed by atoms with Gasteiger partial charge in [0.15, 0.2) is 0 Å². The molecule has 0 amide bonds. The molecule has 0 aliphatic heterocycles. The zero-order valence-electron chi connectivity index (χ0n) is 9.72. The third kappa shape index (κ3) is 1.55. The molecule has 2 heteroatoms. The molecular formula is C12H20B2. The molecule has 3 fully saturated rings. The molecule has 0 aromatic carbocycles. The van der Waals surface area contributed by atoms with Crippen LogP contribution in [-0.4, -0.2) is 15.7 Å². The molecule has 0 saturated heterocycles. The van der Waals surface area contributed by atoms with E-state index >= 15 is 0 Å². The maximum absolute atomic E-state index is 6.33. The minimum Gasteiger partial charge on any atom is -0.0916 e. The van der Waals surface area contributed by atoms with E-state index in [4.69, 9.17) is 15.7 Å². The smallest absolute Gasteiger partial charge is 0.0631 e. The Morgan fingerprint density at radius 1 is 0.857 bits per heavy atom. The van der Waals surface area contributed by atoms with E-state index in [0.717, 1.165) is 11.8 Å². The first-order valence-electron chi connectivity index (χ1n) is 5.88. The SMILES string of the molecule is [B]C([B])(C1CC2CC(C2)C1)C(C)(C)C. The third-order valence-corrected chi connectivity index (χ3v) is 4.54. The summed E-state index contributed by atoms with van der Waals surface area (Å²) >= 11 is 0. The second kappa shape index (κ2) is 3.06. The van der Waals surface area contributed by atoms with E-state index in [9.17, 15) is 0 Å². The molecule has 3 aliphatic carbocycles. The van der Waals surface area contributed by atoms with Crippen LogP contribution in [0.3, 0.4) is 0 Å². The van der Waals surface area contributed by atoms with Gasteiger partial charge in [-0.25, -0.2) is 0 Å². The first-order chi connectivity index (χ1) is 6.30. The average Bonchev–Trinajstić information content (AvgIpc) is 2.01. The third-order valence-electron chi connectivity index (χ3n) is 4.54. The van der Waals surface area contributed by atoms with Crippen molar-refractivity contribution >= 4 is 15.7 Å².